The zero-order chi connectivity index (χ0) is 14.1. The molecule has 104 valence electrons. The standard InChI is InChI=1S/C13H12ClN3O3/c14-9-3-1-2-8(10(9)18)6-15-12(19)13-16-11(17-20-13)7-4-5-7/h1-3,7,18H,4-6H2,(H,15,19). The summed E-state index contributed by atoms with van der Waals surface area (Å²) in [4.78, 5) is 15.9. The molecule has 20 heavy (non-hydrogen) atoms. The lowest BCUT2D eigenvalue weighted by Crippen LogP contribution is -2.23. The molecule has 3 rings (SSSR count). The molecule has 1 aromatic carbocycles. The van der Waals surface area contributed by atoms with Gasteiger partial charge in [0.2, 0.25) is 0 Å². The fourth-order valence-corrected chi connectivity index (χ4v) is 1.98. The van der Waals surface area contributed by atoms with Crippen LogP contribution in [0.5, 0.6) is 5.75 Å². The highest BCUT2D eigenvalue weighted by atomic mass is 35.5. The first kappa shape index (κ1) is 12.9. The quantitative estimate of drug-likeness (QED) is 0.902. The largest absolute Gasteiger partial charge is 0.506 e. The van der Waals surface area contributed by atoms with Gasteiger partial charge in [-0.15, -0.1) is 0 Å². The monoisotopic (exact) mass is 293 g/mol. The molecular weight excluding hydrogens is 282 g/mol. The minimum Gasteiger partial charge on any atom is -0.506 e. The minimum atomic E-state index is -0.469. The maximum atomic E-state index is 11.8. The number of carbonyl (C=O) groups is 1. The predicted octanol–water partition coefficient (Wildman–Crippen LogP) is 2.24. The smallest absolute Gasteiger partial charge is 0.315 e. The van der Waals surface area contributed by atoms with Gasteiger partial charge in [-0.3, -0.25) is 4.79 Å². The number of halogens is 1. The van der Waals surface area contributed by atoms with E-state index in [2.05, 4.69) is 15.5 Å². The zero-order valence-corrected chi connectivity index (χ0v) is 11.2. The summed E-state index contributed by atoms with van der Waals surface area (Å²) >= 11 is 5.79. The number of aromatic hydroxyl groups is 1. The lowest BCUT2D eigenvalue weighted by atomic mass is 10.2. The van der Waals surface area contributed by atoms with Crippen molar-refractivity contribution in [2.75, 3.05) is 0 Å². The zero-order valence-electron chi connectivity index (χ0n) is 10.5. The molecule has 1 aliphatic rings. The molecule has 2 aromatic rings. The fraction of sp³-hybridized carbons (Fsp3) is 0.308. The van der Waals surface area contributed by atoms with Crippen molar-refractivity contribution in [3.05, 3.63) is 40.5 Å². The van der Waals surface area contributed by atoms with Crippen molar-refractivity contribution in [3.63, 3.8) is 0 Å². The second kappa shape index (κ2) is 5.13. The molecule has 1 saturated carbocycles. The van der Waals surface area contributed by atoms with Crippen LogP contribution in [0.1, 0.15) is 40.8 Å². The van der Waals surface area contributed by atoms with Gasteiger partial charge in [-0.2, -0.15) is 4.98 Å². The highest BCUT2D eigenvalue weighted by molar-refractivity contribution is 6.32. The Hall–Kier alpha value is -2.08. The van der Waals surface area contributed by atoms with E-state index in [0.717, 1.165) is 12.8 Å². The molecule has 6 nitrogen and oxygen atoms in total. The van der Waals surface area contributed by atoms with Gasteiger partial charge >= 0.3 is 11.8 Å². The molecule has 1 fully saturated rings. The molecule has 0 bridgehead atoms. The molecule has 0 aliphatic heterocycles. The Kier molecular flexibility index (Phi) is 3.31. The van der Waals surface area contributed by atoms with E-state index in [1.54, 1.807) is 18.2 Å². The number of hydrogen-bond acceptors (Lipinski definition) is 5. The van der Waals surface area contributed by atoms with Gasteiger partial charge in [0, 0.05) is 18.0 Å². The molecule has 1 heterocycles. The number of aromatic nitrogens is 2. The summed E-state index contributed by atoms with van der Waals surface area (Å²) in [6.45, 7) is 0.131. The number of para-hydroxylation sites is 1. The molecular formula is C13H12ClN3O3. The molecule has 1 aliphatic carbocycles. The second-order valence-corrected chi connectivity index (χ2v) is 5.07. The first-order chi connectivity index (χ1) is 9.65. The molecule has 0 saturated heterocycles. The lowest BCUT2D eigenvalue weighted by molar-refractivity contribution is 0.0907. The van der Waals surface area contributed by atoms with Gasteiger partial charge in [0.1, 0.15) is 5.75 Å². The third kappa shape index (κ3) is 2.60. The second-order valence-electron chi connectivity index (χ2n) is 4.66. The molecule has 7 heteroatoms. The topological polar surface area (TPSA) is 88.2 Å². The first-order valence-electron chi connectivity index (χ1n) is 6.23. The van der Waals surface area contributed by atoms with Gasteiger partial charge in [0.25, 0.3) is 0 Å². The van der Waals surface area contributed by atoms with Crippen molar-refractivity contribution in [3.8, 4) is 5.75 Å². The SMILES string of the molecule is O=C(NCc1cccc(Cl)c1O)c1nc(C2CC2)no1. The van der Waals surface area contributed by atoms with Crippen LogP contribution in [0.4, 0.5) is 0 Å². The van der Waals surface area contributed by atoms with Crippen molar-refractivity contribution in [1.29, 1.82) is 0 Å². The number of carbonyl (C=O) groups excluding carboxylic acids is 1. The van der Waals surface area contributed by atoms with E-state index in [1.165, 1.54) is 0 Å². The fourth-order valence-electron chi connectivity index (χ4n) is 1.79. The summed E-state index contributed by atoms with van der Waals surface area (Å²) < 4.78 is 4.91. The number of amides is 1. The van der Waals surface area contributed by atoms with Gasteiger partial charge in [-0.25, -0.2) is 0 Å². The van der Waals surface area contributed by atoms with E-state index in [0.29, 0.717) is 17.3 Å². The third-order valence-electron chi connectivity index (χ3n) is 3.09. The summed E-state index contributed by atoms with van der Waals surface area (Å²) in [5, 5.41) is 16.3. The maximum absolute atomic E-state index is 11.8. The Balaban J connectivity index is 1.65. The molecule has 1 amide bonds. The van der Waals surface area contributed by atoms with E-state index < -0.39 is 5.91 Å². The first-order valence-corrected chi connectivity index (χ1v) is 6.61. The van der Waals surface area contributed by atoms with E-state index >= 15 is 0 Å². The van der Waals surface area contributed by atoms with E-state index in [1.807, 2.05) is 0 Å². The number of rotatable bonds is 4. The van der Waals surface area contributed by atoms with Crippen LogP contribution < -0.4 is 5.32 Å². The maximum Gasteiger partial charge on any atom is 0.315 e. The summed E-state index contributed by atoms with van der Waals surface area (Å²) in [5.74, 6) is 0.342. The lowest BCUT2D eigenvalue weighted by Gasteiger charge is -2.06. The van der Waals surface area contributed by atoms with Crippen molar-refractivity contribution >= 4 is 17.5 Å². The predicted molar refractivity (Wildman–Crippen MR) is 70.6 cm³/mol. The average Bonchev–Trinajstić information content (AvgIpc) is 3.18. The van der Waals surface area contributed by atoms with Crippen molar-refractivity contribution in [1.82, 2.24) is 15.5 Å². The van der Waals surface area contributed by atoms with Gasteiger partial charge in [-0.05, 0) is 18.9 Å². The van der Waals surface area contributed by atoms with Crippen LogP contribution in [0.2, 0.25) is 5.02 Å². The molecule has 0 unspecified atom stereocenters. The van der Waals surface area contributed by atoms with E-state index in [9.17, 15) is 9.90 Å². The van der Waals surface area contributed by atoms with E-state index in [4.69, 9.17) is 16.1 Å². The van der Waals surface area contributed by atoms with Gasteiger partial charge < -0.3 is 14.9 Å². The summed E-state index contributed by atoms with van der Waals surface area (Å²) in [6.07, 6.45) is 2.08. The Labute approximate surface area is 119 Å². The highest BCUT2D eigenvalue weighted by Crippen LogP contribution is 2.38. The Morgan fingerprint density at radius 2 is 2.30 bits per heavy atom. The van der Waals surface area contributed by atoms with Crippen LogP contribution in [0.3, 0.4) is 0 Å². The average molecular weight is 294 g/mol. The number of hydrogen-bond donors (Lipinski definition) is 2. The van der Waals surface area contributed by atoms with Gasteiger partial charge in [0.15, 0.2) is 5.82 Å². The van der Waals surface area contributed by atoms with Crippen molar-refractivity contribution in [2.45, 2.75) is 25.3 Å². The summed E-state index contributed by atoms with van der Waals surface area (Å²) in [6, 6.07) is 4.94. The molecule has 0 spiro atoms. The van der Waals surface area contributed by atoms with Crippen LogP contribution in [0.15, 0.2) is 22.7 Å². The summed E-state index contributed by atoms with van der Waals surface area (Å²) in [7, 11) is 0. The number of phenolic OH excluding ortho intramolecular Hbond substituents is 1. The Bertz CT molecular complexity index is 652. The normalized spacial score (nSPS) is 14.2. The molecule has 2 N–H and O–H groups in total. The minimum absolute atomic E-state index is 0.0429. The number of nitrogens with one attached hydrogen (secondary N) is 1. The van der Waals surface area contributed by atoms with Crippen molar-refractivity contribution < 1.29 is 14.4 Å². The van der Waals surface area contributed by atoms with Gasteiger partial charge in [-0.1, -0.05) is 28.9 Å². The van der Waals surface area contributed by atoms with Crippen LogP contribution >= 0.6 is 11.6 Å². The number of nitrogens with zero attached hydrogens (tertiary/aromatic N) is 2. The van der Waals surface area contributed by atoms with Gasteiger partial charge in [0.05, 0.1) is 5.02 Å². The Morgan fingerprint density at radius 1 is 1.50 bits per heavy atom. The Morgan fingerprint density at radius 3 is 3.05 bits per heavy atom. The van der Waals surface area contributed by atoms with Crippen LogP contribution in [-0.4, -0.2) is 21.2 Å². The molecule has 0 atom stereocenters. The number of benzene rings is 1. The molecule has 1 aromatic heterocycles. The van der Waals surface area contributed by atoms with Crippen LogP contribution in [0, 0.1) is 0 Å². The third-order valence-corrected chi connectivity index (χ3v) is 3.39. The van der Waals surface area contributed by atoms with Crippen molar-refractivity contribution in [2.24, 2.45) is 0 Å². The van der Waals surface area contributed by atoms with E-state index in [-0.39, 0.29) is 23.2 Å². The van der Waals surface area contributed by atoms with Crippen LogP contribution in [0.25, 0.3) is 0 Å². The molecule has 0 radical (unpaired) electrons. The highest BCUT2D eigenvalue weighted by Gasteiger charge is 2.29. The number of phenols is 1. The van der Waals surface area contributed by atoms with Crippen LogP contribution in [-0.2, 0) is 6.54 Å². The summed E-state index contributed by atoms with van der Waals surface area (Å²) in [5.41, 5.74) is 0.521.